The first-order chi connectivity index (χ1) is 8.10. The van der Waals surface area contributed by atoms with E-state index in [0.717, 1.165) is 13.0 Å². The molecule has 0 aromatic rings. The molecule has 1 amide bonds. The number of nitrogens with two attached hydrogens (primary N) is 1. The minimum absolute atomic E-state index is 0.0221. The van der Waals surface area contributed by atoms with Crippen LogP contribution in [-0.2, 0) is 14.3 Å². The quantitative estimate of drug-likeness (QED) is 0.551. The minimum atomic E-state index is -0.188. The predicted molar refractivity (Wildman–Crippen MR) is 67.8 cm³/mol. The fourth-order valence-electron chi connectivity index (χ4n) is 1.26. The second kappa shape index (κ2) is 10.5. The molecule has 0 saturated carbocycles. The maximum absolute atomic E-state index is 11.4. The molecule has 0 aromatic heterocycles. The zero-order valence-electron chi connectivity index (χ0n) is 11.2. The van der Waals surface area contributed by atoms with Crippen LogP contribution in [0.5, 0.6) is 0 Å². The van der Waals surface area contributed by atoms with Crippen molar-refractivity contribution in [2.24, 2.45) is 11.7 Å². The molecular formula is C12H26N2O3. The first-order valence-corrected chi connectivity index (χ1v) is 6.17. The van der Waals surface area contributed by atoms with Gasteiger partial charge in [-0.15, -0.1) is 0 Å². The van der Waals surface area contributed by atoms with Crippen molar-refractivity contribution < 1.29 is 14.3 Å². The van der Waals surface area contributed by atoms with Gasteiger partial charge in [-0.05, 0) is 12.3 Å². The summed E-state index contributed by atoms with van der Waals surface area (Å²) in [7, 11) is 1.56. The van der Waals surface area contributed by atoms with E-state index in [4.69, 9.17) is 15.2 Å². The molecule has 17 heavy (non-hydrogen) atoms. The lowest BCUT2D eigenvalue weighted by molar-refractivity contribution is -0.123. The Bertz CT molecular complexity index is 194. The Balaban J connectivity index is 3.39. The Morgan fingerprint density at radius 2 is 2.12 bits per heavy atom. The van der Waals surface area contributed by atoms with Crippen LogP contribution in [-0.4, -0.2) is 45.4 Å². The van der Waals surface area contributed by atoms with Crippen LogP contribution in [0.2, 0.25) is 0 Å². The Kier molecular flexibility index (Phi) is 10.1. The average Bonchev–Trinajstić information content (AvgIpc) is 2.30. The molecule has 102 valence electrons. The van der Waals surface area contributed by atoms with Crippen molar-refractivity contribution >= 4 is 5.91 Å². The average molecular weight is 246 g/mol. The summed E-state index contributed by atoms with van der Waals surface area (Å²) in [6.07, 6.45) is 0.964. The Labute approximate surface area is 104 Å². The molecule has 1 unspecified atom stereocenters. The van der Waals surface area contributed by atoms with Crippen molar-refractivity contribution in [3.8, 4) is 0 Å². The van der Waals surface area contributed by atoms with Crippen molar-refractivity contribution in [2.75, 3.05) is 33.4 Å². The molecule has 0 spiro atoms. The van der Waals surface area contributed by atoms with Gasteiger partial charge in [0, 0.05) is 33.4 Å². The predicted octanol–water partition coefficient (Wildman–Crippen LogP) is 0.529. The molecule has 0 heterocycles. The van der Waals surface area contributed by atoms with E-state index in [1.165, 1.54) is 0 Å². The van der Waals surface area contributed by atoms with E-state index >= 15 is 0 Å². The van der Waals surface area contributed by atoms with E-state index in [9.17, 15) is 4.79 Å². The third kappa shape index (κ3) is 10.2. The number of hydrogen-bond acceptors (Lipinski definition) is 4. The second-order valence-corrected chi connectivity index (χ2v) is 4.47. The van der Waals surface area contributed by atoms with Gasteiger partial charge in [-0.1, -0.05) is 13.8 Å². The third-order valence-electron chi connectivity index (χ3n) is 2.25. The summed E-state index contributed by atoms with van der Waals surface area (Å²) in [5.41, 5.74) is 5.43. The highest BCUT2D eigenvalue weighted by Crippen LogP contribution is 1.95. The molecule has 0 aromatic carbocycles. The maximum atomic E-state index is 11.4. The van der Waals surface area contributed by atoms with Gasteiger partial charge in [0.25, 0.3) is 0 Å². The van der Waals surface area contributed by atoms with E-state index in [0.29, 0.717) is 32.0 Å². The van der Waals surface area contributed by atoms with Crippen LogP contribution in [0, 0.1) is 5.92 Å². The van der Waals surface area contributed by atoms with Crippen LogP contribution in [0.4, 0.5) is 0 Å². The van der Waals surface area contributed by atoms with Gasteiger partial charge in [0.2, 0.25) is 5.91 Å². The summed E-state index contributed by atoms with van der Waals surface area (Å²) in [6.45, 7) is 6.67. The van der Waals surface area contributed by atoms with E-state index in [1.807, 2.05) is 0 Å². The molecule has 0 aliphatic rings. The Morgan fingerprint density at radius 3 is 2.65 bits per heavy atom. The van der Waals surface area contributed by atoms with Gasteiger partial charge in [0.1, 0.15) is 0 Å². The molecule has 0 rings (SSSR count). The largest absolute Gasteiger partial charge is 0.381 e. The number of carbonyl (C=O) groups excluding carboxylic acids is 1. The van der Waals surface area contributed by atoms with Crippen LogP contribution in [0.1, 0.15) is 26.7 Å². The number of nitrogens with one attached hydrogen (secondary N) is 1. The first-order valence-electron chi connectivity index (χ1n) is 6.17. The standard InChI is InChI=1S/C12H26N2O3/c1-10(2)9-17-6-4-5-14-12(15)7-11(8-13)16-3/h10-11H,4-9,13H2,1-3H3,(H,14,15). The molecule has 0 aliphatic carbocycles. The summed E-state index contributed by atoms with van der Waals surface area (Å²) in [5.74, 6) is 0.530. The van der Waals surface area contributed by atoms with Gasteiger partial charge in [-0.3, -0.25) is 4.79 Å². The number of hydrogen-bond donors (Lipinski definition) is 2. The van der Waals surface area contributed by atoms with E-state index in [-0.39, 0.29) is 12.0 Å². The second-order valence-electron chi connectivity index (χ2n) is 4.47. The molecule has 5 nitrogen and oxygen atoms in total. The number of methoxy groups -OCH3 is 1. The van der Waals surface area contributed by atoms with Crippen LogP contribution in [0.3, 0.4) is 0 Å². The highest BCUT2D eigenvalue weighted by Gasteiger charge is 2.10. The summed E-state index contributed by atoms with van der Waals surface area (Å²) in [5, 5.41) is 2.82. The topological polar surface area (TPSA) is 73.6 Å². The Hall–Kier alpha value is -0.650. The minimum Gasteiger partial charge on any atom is -0.381 e. The summed E-state index contributed by atoms with van der Waals surface area (Å²) in [6, 6.07) is 0. The normalized spacial score (nSPS) is 12.8. The van der Waals surface area contributed by atoms with Gasteiger partial charge >= 0.3 is 0 Å². The van der Waals surface area contributed by atoms with Crippen LogP contribution >= 0.6 is 0 Å². The number of ether oxygens (including phenoxy) is 2. The van der Waals surface area contributed by atoms with Crippen molar-refractivity contribution in [1.82, 2.24) is 5.32 Å². The van der Waals surface area contributed by atoms with Crippen molar-refractivity contribution in [1.29, 1.82) is 0 Å². The van der Waals surface area contributed by atoms with Gasteiger partial charge in [0.15, 0.2) is 0 Å². The van der Waals surface area contributed by atoms with Gasteiger partial charge in [0.05, 0.1) is 12.5 Å². The molecule has 0 saturated heterocycles. The zero-order valence-corrected chi connectivity index (χ0v) is 11.2. The fourth-order valence-corrected chi connectivity index (χ4v) is 1.26. The lowest BCUT2D eigenvalue weighted by Crippen LogP contribution is -2.33. The van der Waals surface area contributed by atoms with Crippen molar-refractivity contribution in [3.05, 3.63) is 0 Å². The van der Waals surface area contributed by atoms with Crippen LogP contribution < -0.4 is 11.1 Å². The zero-order chi connectivity index (χ0) is 13.1. The maximum Gasteiger partial charge on any atom is 0.222 e. The number of amides is 1. The Morgan fingerprint density at radius 1 is 1.41 bits per heavy atom. The lowest BCUT2D eigenvalue weighted by Gasteiger charge is -2.12. The third-order valence-corrected chi connectivity index (χ3v) is 2.25. The number of rotatable bonds is 10. The molecule has 3 N–H and O–H groups in total. The van der Waals surface area contributed by atoms with Gasteiger partial charge in [-0.25, -0.2) is 0 Å². The summed E-state index contributed by atoms with van der Waals surface area (Å²) < 4.78 is 10.4. The first kappa shape index (κ1) is 16.4. The molecule has 0 radical (unpaired) electrons. The van der Waals surface area contributed by atoms with E-state index in [1.54, 1.807) is 7.11 Å². The molecule has 0 fully saturated rings. The monoisotopic (exact) mass is 246 g/mol. The highest BCUT2D eigenvalue weighted by molar-refractivity contribution is 5.76. The van der Waals surface area contributed by atoms with Crippen molar-refractivity contribution in [2.45, 2.75) is 32.8 Å². The molecule has 1 atom stereocenters. The van der Waals surface area contributed by atoms with E-state index < -0.39 is 0 Å². The molecule has 5 heteroatoms. The smallest absolute Gasteiger partial charge is 0.222 e. The lowest BCUT2D eigenvalue weighted by atomic mass is 10.2. The van der Waals surface area contributed by atoms with E-state index in [2.05, 4.69) is 19.2 Å². The van der Waals surface area contributed by atoms with Crippen molar-refractivity contribution in [3.63, 3.8) is 0 Å². The summed E-state index contributed by atoms with van der Waals surface area (Å²) >= 11 is 0. The molecule has 0 aliphatic heterocycles. The highest BCUT2D eigenvalue weighted by atomic mass is 16.5. The van der Waals surface area contributed by atoms with Crippen LogP contribution in [0.15, 0.2) is 0 Å². The fraction of sp³-hybridized carbons (Fsp3) is 0.917. The molecular weight excluding hydrogens is 220 g/mol. The summed E-state index contributed by atoms with van der Waals surface area (Å²) in [4.78, 5) is 11.4. The number of carbonyl (C=O) groups is 1. The van der Waals surface area contributed by atoms with Gasteiger partial charge < -0.3 is 20.5 Å². The SMILES string of the molecule is COC(CN)CC(=O)NCCCOCC(C)C. The molecule has 0 bridgehead atoms. The van der Waals surface area contributed by atoms with Crippen LogP contribution in [0.25, 0.3) is 0 Å². The van der Waals surface area contributed by atoms with Gasteiger partial charge in [-0.2, -0.15) is 0 Å².